The van der Waals surface area contributed by atoms with E-state index in [1.54, 1.807) is 25.1 Å². The minimum atomic E-state index is -0.657. The second kappa shape index (κ2) is 9.31. The van der Waals surface area contributed by atoms with Crippen molar-refractivity contribution in [2.24, 2.45) is 0 Å². The number of carbonyl (C=O) groups is 3. The van der Waals surface area contributed by atoms with Gasteiger partial charge in [-0.05, 0) is 26.0 Å². The first-order valence-electron chi connectivity index (χ1n) is 8.15. The Hall–Kier alpha value is -2.22. The van der Waals surface area contributed by atoms with Crippen LogP contribution in [0.1, 0.15) is 20.3 Å². The summed E-state index contributed by atoms with van der Waals surface area (Å²) in [6.07, 6.45) is 0.0203. The summed E-state index contributed by atoms with van der Waals surface area (Å²) in [4.78, 5) is 36.0. The molecule has 1 saturated heterocycles. The molecule has 2 atom stereocenters. The van der Waals surface area contributed by atoms with Crippen molar-refractivity contribution >= 4 is 35.2 Å². The number of benzene rings is 1. The highest BCUT2D eigenvalue weighted by molar-refractivity contribution is 8.00. The molecule has 7 nitrogen and oxygen atoms in total. The van der Waals surface area contributed by atoms with E-state index in [-0.39, 0.29) is 24.8 Å². The van der Waals surface area contributed by atoms with E-state index in [0.717, 1.165) is 0 Å². The number of ether oxygens (including phenoxy) is 2. The molecule has 0 radical (unpaired) electrons. The zero-order valence-electron chi connectivity index (χ0n) is 14.2. The Labute approximate surface area is 150 Å². The fraction of sp³-hybridized carbons (Fsp3) is 0.471. The van der Waals surface area contributed by atoms with Gasteiger partial charge in [0.1, 0.15) is 11.8 Å². The molecule has 0 unspecified atom stereocenters. The van der Waals surface area contributed by atoms with Crippen LogP contribution in [0.15, 0.2) is 24.3 Å². The van der Waals surface area contributed by atoms with Crippen molar-refractivity contribution in [2.75, 3.05) is 24.3 Å². The van der Waals surface area contributed by atoms with Crippen LogP contribution in [0.4, 0.5) is 5.69 Å². The molecular formula is C17H22N2O5S. The number of para-hydroxylation sites is 2. The van der Waals surface area contributed by atoms with Gasteiger partial charge in [-0.25, -0.2) is 4.79 Å². The van der Waals surface area contributed by atoms with Crippen LogP contribution >= 0.6 is 11.8 Å². The van der Waals surface area contributed by atoms with Crippen molar-refractivity contribution in [3.63, 3.8) is 0 Å². The molecule has 136 valence electrons. The lowest BCUT2D eigenvalue weighted by atomic mass is 10.2. The minimum Gasteiger partial charge on any atom is -0.492 e. The maximum atomic E-state index is 12.2. The summed E-state index contributed by atoms with van der Waals surface area (Å²) in [5.74, 6) is -0.0896. The third-order valence-corrected chi connectivity index (χ3v) is 4.78. The minimum absolute atomic E-state index is 0.0203. The predicted octanol–water partition coefficient (Wildman–Crippen LogP) is 1.58. The summed E-state index contributed by atoms with van der Waals surface area (Å²) >= 11 is 1.28. The normalized spacial score (nSPS) is 19.7. The van der Waals surface area contributed by atoms with Crippen molar-refractivity contribution in [2.45, 2.75) is 31.6 Å². The van der Waals surface area contributed by atoms with Crippen LogP contribution in [-0.4, -0.2) is 48.0 Å². The smallest absolute Gasteiger partial charge is 0.329 e. The molecule has 0 aliphatic carbocycles. The molecule has 1 aliphatic rings. The van der Waals surface area contributed by atoms with Gasteiger partial charge in [-0.2, -0.15) is 0 Å². The first-order valence-corrected chi connectivity index (χ1v) is 9.20. The fourth-order valence-electron chi connectivity index (χ4n) is 2.34. The number of amides is 2. The zero-order valence-corrected chi connectivity index (χ0v) is 15.1. The predicted molar refractivity (Wildman–Crippen MR) is 95.7 cm³/mol. The number of carbonyl (C=O) groups excluding carboxylic acids is 3. The zero-order chi connectivity index (χ0) is 18.2. The lowest BCUT2D eigenvalue weighted by molar-refractivity contribution is -0.146. The van der Waals surface area contributed by atoms with E-state index in [1.165, 1.54) is 11.8 Å². The molecule has 0 saturated carbocycles. The van der Waals surface area contributed by atoms with Gasteiger partial charge in [0.05, 0.1) is 24.2 Å². The Morgan fingerprint density at radius 2 is 2.04 bits per heavy atom. The van der Waals surface area contributed by atoms with Crippen molar-refractivity contribution in [1.82, 2.24) is 5.32 Å². The lowest BCUT2D eigenvalue weighted by Crippen LogP contribution is -2.51. The quantitative estimate of drug-likeness (QED) is 0.712. The van der Waals surface area contributed by atoms with Gasteiger partial charge in [0.2, 0.25) is 11.8 Å². The number of hydrogen-bond donors (Lipinski definition) is 2. The highest BCUT2D eigenvalue weighted by Crippen LogP contribution is 2.26. The van der Waals surface area contributed by atoms with Gasteiger partial charge >= 0.3 is 5.97 Å². The molecule has 1 aliphatic heterocycles. The van der Waals surface area contributed by atoms with Crippen LogP contribution < -0.4 is 15.4 Å². The molecule has 0 aromatic heterocycles. The molecule has 0 bridgehead atoms. The van der Waals surface area contributed by atoms with Crippen LogP contribution in [0, 0.1) is 0 Å². The molecule has 0 spiro atoms. The van der Waals surface area contributed by atoms with Crippen molar-refractivity contribution in [1.29, 1.82) is 0 Å². The van der Waals surface area contributed by atoms with Crippen LogP contribution in [0.3, 0.4) is 0 Å². The largest absolute Gasteiger partial charge is 0.492 e. The Balaban J connectivity index is 1.89. The van der Waals surface area contributed by atoms with E-state index >= 15 is 0 Å². The number of rotatable bonds is 7. The molecule has 8 heteroatoms. The van der Waals surface area contributed by atoms with Gasteiger partial charge < -0.3 is 20.1 Å². The van der Waals surface area contributed by atoms with Crippen molar-refractivity contribution in [3.05, 3.63) is 24.3 Å². The summed E-state index contributed by atoms with van der Waals surface area (Å²) in [5, 5.41) is 4.84. The number of esters is 1. The fourth-order valence-corrected chi connectivity index (χ4v) is 3.47. The summed E-state index contributed by atoms with van der Waals surface area (Å²) in [6, 6.07) is 6.47. The van der Waals surface area contributed by atoms with Gasteiger partial charge in [-0.1, -0.05) is 12.1 Å². The standard InChI is InChI=1S/C17H22N2O5S/c1-3-23-13-8-6-5-7-11(13)18-15(20)9-14-16(21)19-12(10-25-14)17(22)24-4-2/h5-8,12,14H,3-4,9-10H2,1-2H3,(H,18,20)(H,19,21)/t12-,14+/m0/s1. The molecule has 1 heterocycles. The van der Waals surface area contributed by atoms with Gasteiger partial charge in [0.25, 0.3) is 0 Å². The van der Waals surface area contributed by atoms with Gasteiger partial charge in [0.15, 0.2) is 0 Å². The summed E-state index contributed by atoms with van der Waals surface area (Å²) in [5.41, 5.74) is 0.569. The summed E-state index contributed by atoms with van der Waals surface area (Å²) in [6.45, 7) is 4.33. The average molecular weight is 366 g/mol. The lowest BCUT2D eigenvalue weighted by Gasteiger charge is -2.27. The van der Waals surface area contributed by atoms with Crippen LogP contribution in [0.5, 0.6) is 5.75 Å². The number of hydrogen-bond acceptors (Lipinski definition) is 6. The van der Waals surface area contributed by atoms with E-state index < -0.39 is 17.3 Å². The van der Waals surface area contributed by atoms with E-state index in [1.807, 2.05) is 13.0 Å². The summed E-state index contributed by atoms with van der Waals surface area (Å²) in [7, 11) is 0. The van der Waals surface area contributed by atoms with Crippen LogP contribution in [0.25, 0.3) is 0 Å². The second-order valence-electron chi connectivity index (χ2n) is 5.32. The van der Waals surface area contributed by atoms with Crippen molar-refractivity contribution in [3.8, 4) is 5.75 Å². The molecule has 2 amide bonds. The number of anilines is 1. The molecule has 1 aromatic rings. The molecule has 2 N–H and O–H groups in total. The third kappa shape index (κ3) is 5.38. The Kier molecular flexibility index (Phi) is 7.12. The molecule has 1 aromatic carbocycles. The first kappa shape index (κ1) is 19.1. The van der Waals surface area contributed by atoms with E-state index in [0.29, 0.717) is 23.8 Å². The molecular weight excluding hydrogens is 344 g/mol. The van der Waals surface area contributed by atoms with E-state index in [9.17, 15) is 14.4 Å². The Morgan fingerprint density at radius 3 is 2.72 bits per heavy atom. The van der Waals surface area contributed by atoms with Gasteiger partial charge in [0, 0.05) is 12.2 Å². The topological polar surface area (TPSA) is 93.7 Å². The molecule has 25 heavy (non-hydrogen) atoms. The number of nitrogens with one attached hydrogen (secondary N) is 2. The number of thioether (sulfide) groups is 1. The van der Waals surface area contributed by atoms with Crippen molar-refractivity contribution < 1.29 is 23.9 Å². The maximum Gasteiger partial charge on any atom is 0.329 e. The van der Waals surface area contributed by atoms with E-state index in [4.69, 9.17) is 9.47 Å². The Bertz CT molecular complexity index is 637. The first-order chi connectivity index (χ1) is 12.0. The van der Waals surface area contributed by atoms with Gasteiger partial charge in [-0.15, -0.1) is 11.8 Å². The third-order valence-electron chi connectivity index (χ3n) is 3.48. The molecule has 2 rings (SSSR count). The van der Waals surface area contributed by atoms with Gasteiger partial charge in [-0.3, -0.25) is 9.59 Å². The monoisotopic (exact) mass is 366 g/mol. The average Bonchev–Trinajstić information content (AvgIpc) is 2.59. The SMILES string of the molecule is CCOC(=O)[C@@H]1CS[C@H](CC(=O)Nc2ccccc2OCC)C(=O)N1. The van der Waals surface area contributed by atoms with Crippen LogP contribution in [-0.2, 0) is 19.1 Å². The summed E-state index contributed by atoms with van der Waals surface area (Å²) < 4.78 is 10.4. The molecule has 1 fully saturated rings. The highest BCUT2D eigenvalue weighted by Gasteiger charge is 2.34. The van der Waals surface area contributed by atoms with E-state index in [2.05, 4.69) is 10.6 Å². The Morgan fingerprint density at radius 1 is 1.28 bits per heavy atom. The maximum absolute atomic E-state index is 12.2. The highest BCUT2D eigenvalue weighted by atomic mass is 32.2. The second-order valence-corrected chi connectivity index (χ2v) is 6.55. The van der Waals surface area contributed by atoms with Crippen LogP contribution in [0.2, 0.25) is 0 Å².